The topological polar surface area (TPSA) is 111 Å². The summed E-state index contributed by atoms with van der Waals surface area (Å²) in [7, 11) is -0.604. The lowest BCUT2D eigenvalue weighted by atomic mass is 10.1. The maximum atomic E-state index is 13.1. The number of carbonyl (C=O) groups is 2. The largest absolute Gasteiger partial charge is 0.465 e. The number of aromatic nitrogens is 1. The molecule has 184 valence electrons. The number of nitrogens with zero attached hydrogens (tertiary/aromatic N) is 4. The van der Waals surface area contributed by atoms with E-state index in [1.165, 1.54) is 31.1 Å². The van der Waals surface area contributed by atoms with E-state index in [9.17, 15) is 23.1 Å². The van der Waals surface area contributed by atoms with Crippen molar-refractivity contribution in [2.45, 2.75) is 17.9 Å². The summed E-state index contributed by atoms with van der Waals surface area (Å²) in [6.45, 7) is 2.64. The van der Waals surface area contributed by atoms with Gasteiger partial charge in [0.1, 0.15) is 0 Å². The Hall–Kier alpha value is -3.21. The smallest absolute Gasteiger partial charge is 0.407 e. The van der Waals surface area contributed by atoms with Crippen LogP contribution in [0.1, 0.15) is 17.3 Å². The molecule has 2 amide bonds. The van der Waals surface area contributed by atoms with Crippen LogP contribution in [0.5, 0.6) is 0 Å². The Morgan fingerprint density at radius 2 is 1.77 bits per heavy atom. The molecule has 1 aromatic heterocycles. The predicted octanol–water partition coefficient (Wildman–Crippen LogP) is 3.63. The van der Waals surface area contributed by atoms with Crippen LogP contribution < -0.4 is 0 Å². The van der Waals surface area contributed by atoms with Gasteiger partial charge in [-0.2, -0.15) is 0 Å². The first-order valence-electron chi connectivity index (χ1n) is 10.9. The van der Waals surface area contributed by atoms with Crippen LogP contribution in [0, 0.1) is 0 Å². The van der Waals surface area contributed by atoms with Crippen LogP contribution in [0.15, 0.2) is 53.4 Å². The number of fused-ring (bicyclic) bond motifs is 1. The summed E-state index contributed by atoms with van der Waals surface area (Å²) < 4.78 is 25.8. The highest BCUT2D eigenvalue weighted by atomic mass is 35.5. The van der Waals surface area contributed by atoms with Crippen LogP contribution >= 0.6 is 11.6 Å². The second kappa shape index (κ2) is 9.44. The highest BCUT2D eigenvalue weighted by molar-refractivity contribution is 7.89. The second-order valence-corrected chi connectivity index (χ2v) is 11.2. The van der Waals surface area contributed by atoms with Gasteiger partial charge < -0.3 is 14.9 Å². The fourth-order valence-electron chi connectivity index (χ4n) is 4.08. The quantitative estimate of drug-likeness (QED) is 0.567. The van der Waals surface area contributed by atoms with Crippen LogP contribution in [0.3, 0.4) is 0 Å². The van der Waals surface area contributed by atoms with Gasteiger partial charge in [0, 0.05) is 56.3 Å². The van der Waals surface area contributed by atoms with Crippen molar-refractivity contribution in [1.29, 1.82) is 0 Å². The molecule has 1 aliphatic heterocycles. The van der Waals surface area contributed by atoms with Crippen LogP contribution in [-0.2, 0) is 10.0 Å². The Morgan fingerprint density at radius 1 is 1.09 bits per heavy atom. The molecule has 0 saturated carbocycles. The summed E-state index contributed by atoms with van der Waals surface area (Å²) in [6.07, 6.45) is -0.992. The fraction of sp³-hybridized carbons (Fsp3) is 0.292. The zero-order valence-corrected chi connectivity index (χ0v) is 21.0. The number of hydrogen-bond donors (Lipinski definition) is 1. The number of halogens is 1. The van der Waals surface area contributed by atoms with E-state index >= 15 is 0 Å². The number of carboxylic acid groups (broad SMARTS) is 1. The zero-order chi connectivity index (χ0) is 25.5. The Balaban J connectivity index is 1.64. The molecule has 0 spiro atoms. The van der Waals surface area contributed by atoms with Gasteiger partial charge in [-0.25, -0.2) is 22.5 Å². The highest BCUT2D eigenvalue weighted by Gasteiger charge is 2.30. The minimum absolute atomic E-state index is 0.170. The molecule has 4 rings (SSSR count). The SMILES string of the molecule is C[C@@H]1CN(C(=O)c2ccc3c(Cl)cc(-c4ccc(S(=O)(=O)N(C)C)cc4)nc3c2)CCN1C(=O)O. The number of benzene rings is 2. The molecule has 1 N–H and O–H groups in total. The molecule has 11 heteroatoms. The van der Waals surface area contributed by atoms with Crippen molar-refractivity contribution < 1.29 is 23.1 Å². The molecule has 1 fully saturated rings. The van der Waals surface area contributed by atoms with Gasteiger partial charge in [0.15, 0.2) is 0 Å². The Labute approximate surface area is 208 Å². The van der Waals surface area contributed by atoms with E-state index in [2.05, 4.69) is 4.98 Å². The van der Waals surface area contributed by atoms with Crippen molar-refractivity contribution in [3.8, 4) is 11.3 Å². The molecule has 1 atom stereocenters. The number of rotatable bonds is 4. The maximum Gasteiger partial charge on any atom is 0.407 e. The minimum atomic E-state index is -3.55. The molecule has 0 bridgehead atoms. The normalized spacial score (nSPS) is 16.7. The summed E-state index contributed by atoms with van der Waals surface area (Å²) in [6, 6.07) is 12.9. The Morgan fingerprint density at radius 3 is 2.37 bits per heavy atom. The first-order valence-corrected chi connectivity index (χ1v) is 12.7. The molecule has 9 nitrogen and oxygen atoms in total. The van der Waals surface area contributed by atoms with E-state index in [0.29, 0.717) is 45.8 Å². The van der Waals surface area contributed by atoms with E-state index in [4.69, 9.17) is 11.6 Å². The lowest BCUT2D eigenvalue weighted by Gasteiger charge is -2.38. The van der Waals surface area contributed by atoms with Gasteiger partial charge in [0.25, 0.3) is 5.91 Å². The van der Waals surface area contributed by atoms with E-state index in [0.717, 1.165) is 4.31 Å². The third-order valence-electron chi connectivity index (χ3n) is 6.10. The molecule has 2 heterocycles. The third kappa shape index (κ3) is 4.82. The third-order valence-corrected chi connectivity index (χ3v) is 8.24. The predicted molar refractivity (Wildman–Crippen MR) is 133 cm³/mol. The molecule has 0 radical (unpaired) electrons. The fourth-order valence-corrected chi connectivity index (χ4v) is 5.25. The lowest BCUT2D eigenvalue weighted by molar-refractivity contribution is 0.0507. The molecule has 0 aliphatic carbocycles. The van der Waals surface area contributed by atoms with Crippen LogP contribution in [-0.4, -0.2) is 84.4 Å². The van der Waals surface area contributed by atoms with Crippen molar-refractivity contribution in [2.24, 2.45) is 0 Å². The van der Waals surface area contributed by atoms with Crippen molar-refractivity contribution in [1.82, 2.24) is 19.1 Å². The van der Waals surface area contributed by atoms with Crippen LogP contribution in [0.2, 0.25) is 5.02 Å². The highest BCUT2D eigenvalue weighted by Crippen LogP contribution is 2.30. The van der Waals surface area contributed by atoms with E-state index in [1.807, 2.05) is 0 Å². The standard InChI is InChI=1S/C24H25ClN4O5S/c1-15-14-28(10-11-29(15)24(31)32)23(30)17-6-9-19-20(25)13-21(26-22(19)12-17)16-4-7-18(8-5-16)35(33,34)27(2)3/h4-9,12-13,15H,10-11,14H2,1-3H3,(H,31,32)/t15-/m1/s1. The summed E-state index contributed by atoms with van der Waals surface area (Å²) in [5.74, 6) is -0.203. The number of carbonyl (C=O) groups excluding carboxylic acids is 1. The van der Waals surface area contributed by atoms with E-state index in [-0.39, 0.29) is 23.4 Å². The molecule has 3 aromatic rings. The average molecular weight is 517 g/mol. The molecular formula is C24H25ClN4O5S. The molecule has 1 aliphatic rings. The van der Waals surface area contributed by atoms with Crippen LogP contribution in [0.4, 0.5) is 4.79 Å². The number of hydrogen-bond acceptors (Lipinski definition) is 5. The average Bonchev–Trinajstić information content (AvgIpc) is 2.82. The molecule has 35 heavy (non-hydrogen) atoms. The summed E-state index contributed by atoms with van der Waals surface area (Å²) in [5.41, 5.74) is 2.19. The molecule has 1 saturated heterocycles. The second-order valence-electron chi connectivity index (χ2n) is 8.61. The van der Waals surface area contributed by atoms with Gasteiger partial charge in [-0.1, -0.05) is 29.8 Å². The number of pyridine rings is 1. The van der Waals surface area contributed by atoms with Crippen molar-refractivity contribution in [2.75, 3.05) is 33.7 Å². The molecule has 0 unspecified atom stereocenters. The van der Waals surface area contributed by atoms with E-state index in [1.54, 1.807) is 48.2 Å². The van der Waals surface area contributed by atoms with Crippen molar-refractivity contribution in [3.63, 3.8) is 0 Å². The van der Waals surface area contributed by atoms with Crippen molar-refractivity contribution >= 4 is 44.5 Å². The first kappa shape index (κ1) is 24.9. The van der Waals surface area contributed by atoms with Crippen LogP contribution in [0.25, 0.3) is 22.2 Å². The minimum Gasteiger partial charge on any atom is -0.465 e. The first-order chi connectivity index (χ1) is 16.5. The van der Waals surface area contributed by atoms with Gasteiger partial charge in [0.2, 0.25) is 10.0 Å². The number of sulfonamides is 1. The Bertz CT molecular complexity index is 1410. The summed E-state index contributed by atoms with van der Waals surface area (Å²) >= 11 is 6.50. The lowest BCUT2D eigenvalue weighted by Crippen LogP contribution is -2.55. The van der Waals surface area contributed by atoms with E-state index < -0.39 is 16.1 Å². The van der Waals surface area contributed by atoms with Gasteiger partial charge >= 0.3 is 6.09 Å². The number of amides is 2. The summed E-state index contributed by atoms with van der Waals surface area (Å²) in [4.78, 5) is 32.2. The van der Waals surface area contributed by atoms with Crippen molar-refractivity contribution in [3.05, 3.63) is 59.1 Å². The maximum absolute atomic E-state index is 13.1. The zero-order valence-electron chi connectivity index (χ0n) is 19.5. The van der Waals surface area contributed by atoms with Gasteiger partial charge in [-0.3, -0.25) is 4.79 Å². The summed E-state index contributed by atoms with van der Waals surface area (Å²) in [5, 5.41) is 10.4. The monoisotopic (exact) mass is 516 g/mol. The molecule has 2 aromatic carbocycles. The van der Waals surface area contributed by atoms with Gasteiger partial charge in [-0.15, -0.1) is 0 Å². The Kier molecular flexibility index (Phi) is 6.72. The number of piperazine rings is 1. The van der Waals surface area contributed by atoms with Gasteiger partial charge in [-0.05, 0) is 37.3 Å². The molecular weight excluding hydrogens is 492 g/mol. The van der Waals surface area contributed by atoms with Gasteiger partial charge in [0.05, 0.1) is 21.1 Å².